The van der Waals surface area contributed by atoms with E-state index in [0.717, 1.165) is 0 Å². The van der Waals surface area contributed by atoms with Crippen LogP contribution >= 0.6 is 0 Å². The van der Waals surface area contributed by atoms with Crippen molar-refractivity contribution in [3.8, 4) is 0 Å². The van der Waals surface area contributed by atoms with Gasteiger partial charge in [-0.2, -0.15) is 0 Å². The highest BCUT2D eigenvalue weighted by Gasteiger charge is 2.43. The van der Waals surface area contributed by atoms with Crippen LogP contribution in [0, 0.1) is 0 Å². The van der Waals surface area contributed by atoms with Gasteiger partial charge in [0.05, 0.1) is 7.11 Å². The highest BCUT2D eigenvalue weighted by molar-refractivity contribution is 6.06. The Hall–Kier alpha value is -2.10. The van der Waals surface area contributed by atoms with E-state index >= 15 is 0 Å². The molecule has 0 radical (unpaired) electrons. The van der Waals surface area contributed by atoms with Crippen LogP contribution in [0.2, 0.25) is 0 Å². The highest BCUT2D eigenvalue weighted by Crippen LogP contribution is 2.34. The first-order valence-corrected chi connectivity index (χ1v) is 5.17. The van der Waals surface area contributed by atoms with Gasteiger partial charge >= 0.3 is 5.97 Å². The van der Waals surface area contributed by atoms with Gasteiger partial charge in [-0.3, -0.25) is 4.79 Å². The third-order valence-corrected chi connectivity index (χ3v) is 2.76. The standard InChI is InChI=1S/C13H12O4/c1-13(9-6-4-3-5-7-9)11(14)8-10(17-13)12(15)16-2/h3-8H,1-2H3. The topological polar surface area (TPSA) is 52.6 Å². The van der Waals surface area contributed by atoms with Crippen LogP contribution in [0.25, 0.3) is 0 Å². The number of ketones is 1. The van der Waals surface area contributed by atoms with Gasteiger partial charge in [0.25, 0.3) is 0 Å². The molecule has 17 heavy (non-hydrogen) atoms. The quantitative estimate of drug-likeness (QED) is 0.726. The minimum Gasteiger partial charge on any atom is -0.467 e. The van der Waals surface area contributed by atoms with Crippen LogP contribution in [0.4, 0.5) is 0 Å². The molecule has 1 aliphatic heterocycles. The van der Waals surface area contributed by atoms with Crippen LogP contribution in [0.5, 0.6) is 0 Å². The van der Waals surface area contributed by atoms with Crippen LogP contribution in [0.15, 0.2) is 42.2 Å². The molecular formula is C13H12O4. The Bertz CT molecular complexity index is 489. The largest absolute Gasteiger partial charge is 0.467 e. The lowest BCUT2D eigenvalue weighted by atomic mass is 9.92. The molecule has 0 amide bonds. The first kappa shape index (κ1) is 11.4. The zero-order chi connectivity index (χ0) is 12.5. The number of esters is 1. The lowest BCUT2D eigenvalue weighted by molar-refractivity contribution is -0.144. The summed E-state index contributed by atoms with van der Waals surface area (Å²) in [6, 6.07) is 9.04. The Morgan fingerprint density at radius 1 is 1.29 bits per heavy atom. The molecule has 1 atom stereocenters. The third kappa shape index (κ3) is 1.82. The molecule has 4 heteroatoms. The number of hydrogen-bond acceptors (Lipinski definition) is 4. The summed E-state index contributed by atoms with van der Waals surface area (Å²) in [4.78, 5) is 23.2. The minimum atomic E-state index is -1.13. The second kappa shape index (κ2) is 4.05. The van der Waals surface area contributed by atoms with Crippen molar-refractivity contribution in [1.82, 2.24) is 0 Å². The number of hydrogen-bond donors (Lipinski definition) is 0. The van der Waals surface area contributed by atoms with Crippen molar-refractivity contribution in [1.29, 1.82) is 0 Å². The van der Waals surface area contributed by atoms with Crippen molar-refractivity contribution >= 4 is 11.8 Å². The predicted molar refractivity (Wildman–Crippen MR) is 60.0 cm³/mol. The van der Waals surface area contributed by atoms with Gasteiger partial charge in [-0.25, -0.2) is 4.79 Å². The fourth-order valence-corrected chi connectivity index (χ4v) is 1.72. The fourth-order valence-electron chi connectivity index (χ4n) is 1.72. The molecule has 2 rings (SSSR count). The molecule has 1 aromatic rings. The molecule has 0 aliphatic carbocycles. The maximum absolute atomic E-state index is 11.9. The summed E-state index contributed by atoms with van der Waals surface area (Å²) in [5.41, 5.74) is -0.426. The van der Waals surface area contributed by atoms with E-state index in [1.54, 1.807) is 19.1 Å². The summed E-state index contributed by atoms with van der Waals surface area (Å²) in [6.07, 6.45) is 1.18. The van der Waals surface area contributed by atoms with Crippen LogP contribution < -0.4 is 0 Å². The fraction of sp³-hybridized carbons (Fsp3) is 0.231. The Morgan fingerprint density at radius 2 is 1.94 bits per heavy atom. The summed E-state index contributed by atoms with van der Waals surface area (Å²) in [5, 5.41) is 0. The minimum absolute atomic E-state index is 0.0520. The Balaban J connectivity index is 2.33. The number of methoxy groups -OCH3 is 1. The molecule has 4 nitrogen and oxygen atoms in total. The molecule has 0 saturated carbocycles. The van der Waals surface area contributed by atoms with Crippen LogP contribution in [0.3, 0.4) is 0 Å². The number of carbonyl (C=O) groups excluding carboxylic acids is 2. The first-order valence-electron chi connectivity index (χ1n) is 5.17. The first-order chi connectivity index (χ1) is 8.08. The van der Waals surface area contributed by atoms with E-state index in [4.69, 9.17) is 4.74 Å². The van der Waals surface area contributed by atoms with Crippen molar-refractivity contribution in [2.75, 3.05) is 7.11 Å². The molecule has 1 aliphatic rings. The van der Waals surface area contributed by atoms with Crippen LogP contribution in [0.1, 0.15) is 12.5 Å². The second-order valence-corrected chi connectivity index (χ2v) is 3.87. The van der Waals surface area contributed by atoms with Crippen molar-refractivity contribution in [3.05, 3.63) is 47.7 Å². The number of benzene rings is 1. The number of carbonyl (C=O) groups is 2. The van der Waals surface area contributed by atoms with Crippen molar-refractivity contribution in [2.24, 2.45) is 0 Å². The summed E-state index contributed by atoms with van der Waals surface area (Å²) < 4.78 is 9.96. The summed E-state index contributed by atoms with van der Waals surface area (Å²) in [5.74, 6) is -0.953. The van der Waals surface area contributed by atoms with E-state index < -0.39 is 11.6 Å². The van der Waals surface area contributed by atoms with Gasteiger partial charge in [0, 0.05) is 11.6 Å². The summed E-state index contributed by atoms with van der Waals surface area (Å²) in [6.45, 7) is 1.64. The van der Waals surface area contributed by atoms with E-state index in [-0.39, 0.29) is 11.5 Å². The number of ether oxygens (including phenoxy) is 2. The average molecular weight is 232 g/mol. The van der Waals surface area contributed by atoms with Gasteiger partial charge in [0.2, 0.25) is 11.5 Å². The predicted octanol–water partition coefficient (Wildman–Crippen LogP) is 1.56. The normalized spacial score (nSPS) is 22.9. The van der Waals surface area contributed by atoms with Gasteiger partial charge in [0.15, 0.2) is 5.60 Å². The third-order valence-electron chi connectivity index (χ3n) is 2.76. The molecule has 0 aromatic heterocycles. The lowest BCUT2D eigenvalue weighted by Crippen LogP contribution is -2.30. The van der Waals surface area contributed by atoms with Gasteiger partial charge in [0.1, 0.15) is 0 Å². The maximum Gasteiger partial charge on any atom is 0.373 e. The molecule has 0 spiro atoms. The molecule has 1 heterocycles. The SMILES string of the molecule is COC(=O)C1=CC(=O)C(C)(c2ccccc2)O1. The Labute approximate surface area is 98.8 Å². The maximum atomic E-state index is 11.9. The van der Waals surface area contributed by atoms with E-state index in [0.29, 0.717) is 5.56 Å². The average Bonchev–Trinajstić information content (AvgIpc) is 2.67. The highest BCUT2D eigenvalue weighted by atomic mass is 16.6. The van der Waals surface area contributed by atoms with E-state index in [1.807, 2.05) is 18.2 Å². The monoisotopic (exact) mass is 232 g/mol. The molecular weight excluding hydrogens is 220 g/mol. The molecule has 0 bridgehead atoms. The van der Waals surface area contributed by atoms with E-state index in [9.17, 15) is 9.59 Å². The lowest BCUT2D eigenvalue weighted by Gasteiger charge is -2.23. The second-order valence-electron chi connectivity index (χ2n) is 3.87. The molecule has 1 aromatic carbocycles. The molecule has 88 valence electrons. The van der Waals surface area contributed by atoms with Crippen molar-refractivity contribution in [2.45, 2.75) is 12.5 Å². The van der Waals surface area contributed by atoms with E-state index in [1.165, 1.54) is 13.2 Å². The molecule has 1 unspecified atom stereocenters. The van der Waals surface area contributed by atoms with Crippen LogP contribution in [-0.4, -0.2) is 18.9 Å². The molecule has 0 fully saturated rings. The summed E-state index contributed by atoms with van der Waals surface area (Å²) in [7, 11) is 1.25. The Kier molecular flexibility index (Phi) is 2.71. The smallest absolute Gasteiger partial charge is 0.373 e. The van der Waals surface area contributed by atoms with Gasteiger partial charge < -0.3 is 9.47 Å². The van der Waals surface area contributed by atoms with Crippen molar-refractivity contribution in [3.63, 3.8) is 0 Å². The summed E-state index contributed by atoms with van der Waals surface area (Å²) >= 11 is 0. The van der Waals surface area contributed by atoms with Gasteiger partial charge in [-0.15, -0.1) is 0 Å². The van der Waals surface area contributed by atoms with Gasteiger partial charge in [-0.1, -0.05) is 30.3 Å². The van der Waals surface area contributed by atoms with Crippen molar-refractivity contribution < 1.29 is 19.1 Å². The Morgan fingerprint density at radius 3 is 2.53 bits per heavy atom. The van der Waals surface area contributed by atoms with E-state index in [2.05, 4.69) is 4.74 Å². The molecule has 0 N–H and O–H groups in total. The van der Waals surface area contributed by atoms with Gasteiger partial charge in [-0.05, 0) is 6.92 Å². The van der Waals surface area contributed by atoms with Crippen LogP contribution in [-0.2, 0) is 24.7 Å². The number of rotatable bonds is 2. The zero-order valence-corrected chi connectivity index (χ0v) is 9.60. The molecule has 0 saturated heterocycles. The zero-order valence-electron chi connectivity index (χ0n) is 9.60.